The molecule has 6 heteroatoms. The Morgan fingerprint density at radius 3 is 3.06 bits per heavy atom. The second-order valence-corrected chi connectivity index (χ2v) is 3.84. The van der Waals surface area contributed by atoms with Crippen molar-refractivity contribution in [3.8, 4) is 6.07 Å². The minimum atomic E-state index is 0.466. The highest BCUT2D eigenvalue weighted by molar-refractivity contribution is 5.57. The summed E-state index contributed by atoms with van der Waals surface area (Å²) in [7, 11) is 0. The largest absolute Gasteiger partial charge is 0.397 e. The number of nitriles is 1. The number of nitrogens with one attached hydrogen (secondary N) is 2. The van der Waals surface area contributed by atoms with E-state index in [1.807, 2.05) is 0 Å². The maximum atomic E-state index is 8.95. The Bertz CT molecular complexity index is 540. The molecule has 0 radical (unpaired) electrons. The lowest BCUT2D eigenvalue weighted by Gasteiger charge is -2.06. The fourth-order valence-corrected chi connectivity index (χ4v) is 1.60. The van der Waals surface area contributed by atoms with Crippen LogP contribution < -0.4 is 11.1 Å². The molecule has 0 aliphatic heterocycles. The lowest BCUT2D eigenvalue weighted by Crippen LogP contribution is -2.07. The van der Waals surface area contributed by atoms with Crippen LogP contribution in [0, 0.1) is 11.3 Å². The Labute approximate surface area is 105 Å². The smallest absolute Gasteiger partial charge is 0.144 e. The lowest BCUT2D eigenvalue weighted by molar-refractivity contribution is 0.814. The molecule has 2 aromatic rings. The fourth-order valence-electron chi connectivity index (χ4n) is 1.60. The van der Waals surface area contributed by atoms with Gasteiger partial charge in [0.05, 0.1) is 17.4 Å². The molecule has 0 aliphatic carbocycles. The molecule has 18 heavy (non-hydrogen) atoms. The van der Waals surface area contributed by atoms with Crippen LogP contribution in [0.3, 0.4) is 0 Å². The van der Waals surface area contributed by atoms with Gasteiger partial charge >= 0.3 is 0 Å². The summed E-state index contributed by atoms with van der Waals surface area (Å²) in [5, 5.41) is 12.1. The van der Waals surface area contributed by atoms with E-state index in [1.54, 1.807) is 18.5 Å². The van der Waals surface area contributed by atoms with Gasteiger partial charge in [0.1, 0.15) is 17.7 Å². The normalized spacial score (nSPS) is 9.94. The maximum Gasteiger partial charge on any atom is 0.144 e. The Morgan fingerprint density at radius 1 is 1.44 bits per heavy atom. The predicted octanol–water partition coefficient (Wildman–Crippen LogP) is 1.30. The van der Waals surface area contributed by atoms with Gasteiger partial charge in [0, 0.05) is 25.4 Å². The van der Waals surface area contributed by atoms with Gasteiger partial charge in [-0.2, -0.15) is 5.26 Å². The zero-order valence-corrected chi connectivity index (χ0v) is 9.85. The number of aromatic amines is 1. The molecule has 0 amide bonds. The molecule has 0 atom stereocenters. The number of pyridine rings is 1. The van der Waals surface area contributed by atoms with E-state index in [1.165, 1.54) is 6.20 Å². The fraction of sp³-hybridized carbons (Fsp3) is 0.250. The third-order valence-corrected chi connectivity index (χ3v) is 2.47. The molecule has 6 nitrogen and oxygen atoms in total. The molecule has 0 saturated heterocycles. The number of hydrogen-bond donors (Lipinski definition) is 3. The van der Waals surface area contributed by atoms with Crippen LogP contribution in [0.4, 0.5) is 11.5 Å². The Kier molecular flexibility index (Phi) is 3.76. The zero-order chi connectivity index (χ0) is 12.8. The number of hydrogen-bond acceptors (Lipinski definition) is 5. The average Bonchev–Trinajstić information content (AvgIpc) is 2.89. The first-order valence-electron chi connectivity index (χ1n) is 5.67. The number of anilines is 2. The molecule has 2 aromatic heterocycles. The first-order chi connectivity index (χ1) is 8.79. The first-order valence-corrected chi connectivity index (χ1v) is 5.67. The van der Waals surface area contributed by atoms with Crippen molar-refractivity contribution in [2.24, 2.45) is 0 Å². The number of nitrogens with zero attached hydrogens (tertiary/aromatic N) is 3. The van der Waals surface area contributed by atoms with Gasteiger partial charge in [0.25, 0.3) is 0 Å². The second-order valence-electron chi connectivity index (χ2n) is 3.84. The standard InChI is InChI=1S/C12H14N6/c13-7-9-6-10(14)8-18-12(9)17-3-1-2-11-15-4-5-16-11/h4-6,8H,1-3,14H2,(H,15,16)(H,17,18). The number of aryl methyl sites for hydroxylation is 1. The summed E-state index contributed by atoms with van der Waals surface area (Å²) in [6.45, 7) is 0.728. The summed E-state index contributed by atoms with van der Waals surface area (Å²) in [5.41, 5.74) is 6.53. The van der Waals surface area contributed by atoms with Crippen molar-refractivity contribution in [2.75, 3.05) is 17.6 Å². The minimum absolute atomic E-state index is 0.466. The molecular formula is C12H14N6. The van der Waals surface area contributed by atoms with Gasteiger partial charge < -0.3 is 16.0 Å². The average molecular weight is 242 g/mol. The number of aromatic nitrogens is 3. The summed E-state index contributed by atoms with van der Waals surface area (Å²) in [6.07, 6.45) is 6.84. The molecule has 0 aromatic carbocycles. The van der Waals surface area contributed by atoms with E-state index < -0.39 is 0 Å². The highest BCUT2D eigenvalue weighted by atomic mass is 15.0. The molecule has 0 unspecified atom stereocenters. The van der Waals surface area contributed by atoms with Gasteiger partial charge in [0.15, 0.2) is 0 Å². The van der Waals surface area contributed by atoms with Gasteiger partial charge in [0.2, 0.25) is 0 Å². The summed E-state index contributed by atoms with van der Waals surface area (Å²) in [5.74, 6) is 1.54. The topological polar surface area (TPSA) is 103 Å². The Morgan fingerprint density at radius 2 is 2.33 bits per heavy atom. The third-order valence-electron chi connectivity index (χ3n) is 2.47. The summed E-state index contributed by atoms with van der Waals surface area (Å²) < 4.78 is 0. The number of nitrogens with two attached hydrogens (primary N) is 1. The first kappa shape index (κ1) is 11.9. The molecule has 2 rings (SSSR count). The molecule has 0 fully saturated rings. The van der Waals surface area contributed by atoms with Crippen LogP contribution in [-0.4, -0.2) is 21.5 Å². The van der Waals surface area contributed by atoms with E-state index in [0.717, 1.165) is 25.2 Å². The van der Waals surface area contributed by atoms with E-state index in [2.05, 4.69) is 26.3 Å². The van der Waals surface area contributed by atoms with Gasteiger partial charge in [-0.3, -0.25) is 0 Å². The van der Waals surface area contributed by atoms with Crippen molar-refractivity contribution in [1.29, 1.82) is 5.26 Å². The van der Waals surface area contributed by atoms with Crippen molar-refractivity contribution < 1.29 is 0 Å². The van der Waals surface area contributed by atoms with Crippen molar-refractivity contribution in [3.05, 3.63) is 36.0 Å². The van der Waals surface area contributed by atoms with E-state index in [-0.39, 0.29) is 0 Å². The van der Waals surface area contributed by atoms with Gasteiger partial charge in [-0.05, 0) is 12.5 Å². The van der Waals surface area contributed by atoms with Crippen LogP contribution in [0.5, 0.6) is 0 Å². The van der Waals surface area contributed by atoms with Gasteiger partial charge in [-0.1, -0.05) is 0 Å². The molecule has 0 bridgehead atoms. The molecular weight excluding hydrogens is 228 g/mol. The maximum absolute atomic E-state index is 8.95. The van der Waals surface area contributed by atoms with Gasteiger partial charge in [-0.15, -0.1) is 0 Å². The van der Waals surface area contributed by atoms with Crippen molar-refractivity contribution in [1.82, 2.24) is 15.0 Å². The van der Waals surface area contributed by atoms with Crippen LogP contribution in [0.1, 0.15) is 17.8 Å². The summed E-state index contributed by atoms with van der Waals surface area (Å²) >= 11 is 0. The van der Waals surface area contributed by atoms with E-state index in [9.17, 15) is 0 Å². The molecule has 4 N–H and O–H groups in total. The number of H-pyrrole nitrogens is 1. The van der Waals surface area contributed by atoms with Crippen LogP contribution in [0.15, 0.2) is 24.7 Å². The second kappa shape index (κ2) is 5.68. The zero-order valence-electron chi connectivity index (χ0n) is 9.85. The predicted molar refractivity (Wildman–Crippen MR) is 68.8 cm³/mol. The van der Waals surface area contributed by atoms with Crippen molar-refractivity contribution in [3.63, 3.8) is 0 Å². The number of nitrogen functional groups attached to an aromatic ring is 1. The molecule has 0 saturated carbocycles. The SMILES string of the molecule is N#Cc1cc(N)cnc1NCCCc1ncc[nH]1. The minimum Gasteiger partial charge on any atom is -0.397 e. The van der Waals surface area contributed by atoms with Crippen molar-refractivity contribution >= 4 is 11.5 Å². The molecule has 0 aliphatic rings. The summed E-state index contributed by atoms with van der Waals surface area (Å²) in [6, 6.07) is 3.68. The lowest BCUT2D eigenvalue weighted by atomic mass is 10.2. The van der Waals surface area contributed by atoms with Crippen LogP contribution in [0.25, 0.3) is 0 Å². The van der Waals surface area contributed by atoms with E-state index in [0.29, 0.717) is 17.1 Å². The highest BCUT2D eigenvalue weighted by Gasteiger charge is 2.03. The Hall–Kier alpha value is -2.55. The van der Waals surface area contributed by atoms with Gasteiger partial charge in [-0.25, -0.2) is 9.97 Å². The number of imidazole rings is 1. The van der Waals surface area contributed by atoms with Crippen molar-refractivity contribution in [2.45, 2.75) is 12.8 Å². The van der Waals surface area contributed by atoms with E-state index in [4.69, 9.17) is 11.0 Å². The quantitative estimate of drug-likeness (QED) is 0.686. The van der Waals surface area contributed by atoms with Crippen LogP contribution in [-0.2, 0) is 6.42 Å². The summed E-state index contributed by atoms with van der Waals surface area (Å²) in [4.78, 5) is 11.3. The number of rotatable bonds is 5. The highest BCUT2D eigenvalue weighted by Crippen LogP contribution is 2.14. The van der Waals surface area contributed by atoms with Crippen LogP contribution >= 0.6 is 0 Å². The molecule has 92 valence electrons. The van der Waals surface area contributed by atoms with Crippen LogP contribution in [0.2, 0.25) is 0 Å². The monoisotopic (exact) mass is 242 g/mol. The Balaban J connectivity index is 1.85. The molecule has 2 heterocycles. The third kappa shape index (κ3) is 2.98. The molecule has 0 spiro atoms. The van der Waals surface area contributed by atoms with E-state index >= 15 is 0 Å².